The van der Waals surface area contributed by atoms with Gasteiger partial charge in [0, 0.05) is 19.6 Å². The summed E-state index contributed by atoms with van der Waals surface area (Å²) in [6.45, 7) is 6.11. The Kier molecular flexibility index (Phi) is 5.97. The summed E-state index contributed by atoms with van der Waals surface area (Å²) in [6.07, 6.45) is 1.74. The fraction of sp³-hybridized carbons (Fsp3) is 0.409. The van der Waals surface area contributed by atoms with Gasteiger partial charge < -0.3 is 14.1 Å². The molecule has 0 radical (unpaired) electrons. The van der Waals surface area contributed by atoms with Crippen LogP contribution in [0.5, 0.6) is 5.75 Å². The second-order valence-corrected chi connectivity index (χ2v) is 9.37. The molecule has 0 saturated carbocycles. The van der Waals surface area contributed by atoms with Crippen LogP contribution in [0.15, 0.2) is 51.8 Å². The third-order valence-corrected chi connectivity index (χ3v) is 6.86. The van der Waals surface area contributed by atoms with E-state index in [1.165, 1.54) is 0 Å². The minimum atomic E-state index is -3.64. The second kappa shape index (κ2) is 8.65. The van der Waals surface area contributed by atoms with Crippen LogP contribution in [0.4, 0.5) is 6.01 Å². The maximum Gasteiger partial charge on any atom is 0.298 e. The average molecular weight is 430 g/mol. The zero-order valence-corrected chi connectivity index (χ0v) is 18.1. The molecule has 0 unspecified atom stereocenters. The number of piperidine rings is 1. The summed E-state index contributed by atoms with van der Waals surface area (Å²) in [4.78, 5) is 6.88. The van der Waals surface area contributed by atoms with Gasteiger partial charge in [-0.25, -0.2) is 13.1 Å². The highest BCUT2D eigenvalue weighted by Gasteiger charge is 2.26. The molecule has 1 aliphatic rings. The van der Waals surface area contributed by atoms with Gasteiger partial charge in [0.15, 0.2) is 5.58 Å². The number of aryl methyl sites for hydroxylation is 1. The molecule has 0 spiro atoms. The van der Waals surface area contributed by atoms with E-state index in [1.54, 1.807) is 12.1 Å². The number of nitrogens with zero attached hydrogens (tertiary/aromatic N) is 2. The summed E-state index contributed by atoms with van der Waals surface area (Å²) in [6, 6.07) is 13.6. The SMILES string of the molecule is CCOc1ccc(C)cc1S(=O)(=O)NCC1CCN(c2nc3ccccc3o2)CC1. The van der Waals surface area contributed by atoms with Gasteiger partial charge in [0.05, 0.1) is 6.61 Å². The number of anilines is 1. The Labute approximate surface area is 177 Å². The molecular weight excluding hydrogens is 402 g/mol. The lowest BCUT2D eigenvalue weighted by Gasteiger charge is -2.30. The van der Waals surface area contributed by atoms with Crippen molar-refractivity contribution in [3.8, 4) is 5.75 Å². The third kappa shape index (κ3) is 4.44. The highest BCUT2D eigenvalue weighted by atomic mass is 32.2. The Bertz CT molecular complexity index is 1090. The highest BCUT2D eigenvalue weighted by Crippen LogP contribution is 2.28. The number of nitrogens with one attached hydrogen (secondary N) is 1. The number of benzene rings is 2. The summed E-state index contributed by atoms with van der Waals surface area (Å²) < 4.78 is 39.9. The predicted octanol–water partition coefficient (Wildman–Crippen LogP) is 3.73. The van der Waals surface area contributed by atoms with E-state index >= 15 is 0 Å². The van der Waals surface area contributed by atoms with Crippen LogP contribution >= 0.6 is 0 Å². The van der Waals surface area contributed by atoms with Crippen molar-refractivity contribution in [1.29, 1.82) is 0 Å². The molecule has 0 atom stereocenters. The molecule has 1 aromatic heterocycles. The number of hydrogen-bond acceptors (Lipinski definition) is 6. The molecular formula is C22H27N3O4S. The van der Waals surface area contributed by atoms with Crippen LogP contribution < -0.4 is 14.4 Å². The number of oxazole rings is 1. The van der Waals surface area contributed by atoms with Crippen molar-refractivity contribution in [3.05, 3.63) is 48.0 Å². The smallest absolute Gasteiger partial charge is 0.298 e. The molecule has 1 N–H and O–H groups in total. The fourth-order valence-corrected chi connectivity index (χ4v) is 5.07. The molecule has 2 aromatic carbocycles. The summed E-state index contributed by atoms with van der Waals surface area (Å²) in [5, 5.41) is 0. The van der Waals surface area contributed by atoms with Gasteiger partial charge in [-0.1, -0.05) is 18.2 Å². The highest BCUT2D eigenvalue weighted by molar-refractivity contribution is 7.89. The maximum atomic E-state index is 12.9. The van der Waals surface area contributed by atoms with Gasteiger partial charge in [0.2, 0.25) is 10.0 Å². The number of para-hydroxylation sites is 2. The first kappa shape index (κ1) is 20.7. The average Bonchev–Trinajstić information content (AvgIpc) is 3.18. The van der Waals surface area contributed by atoms with E-state index in [4.69, 9.17) is 9.15 Å². The topological polar surface area (TPSA) is 84.7 Å². The monoisotopic (exact) mass is 429 g/mol. The molecule has 30 heavy (non-hydrogen) atoms. The molecule has 4 rings (SSSR count). The molecule has 1 aliphatic heterocycles. The van der Waals surface area contributed by atoms with Crippen LogP contribution in [0.25, 0.3) is 11.1 Å². The molecule has 0 aliphatic carbocycles. The zero-order chi connectivity index (χ0) is 21.1. The Balaban J connectivity index is 1.37. The number of fused-ring (bicyclic) bond motifs is 1. The molecule has 160 valence electrons. The van der Waals surface area contributed by atoms with Crippen molar-refractivity contribution >= 4 is 27.1 Å². The van der Waals surface area contributed by atoms with E-state index in [0.717, 1.165) is 42.6 Å². The standard InChI is InChI=1S/C22H27N3O4S/c1-3-28-20-9-8-16(2)14-21(20)30(26,27)23-15-17-10-12-25(13-11-17)22-24-18-6-4-5-7-19(18)29-22/h4-9,14,17,23H,3,10-13,15H2,1-2H3. The number of sulfonamides is 1. The van der Waals surface area contributed by atoms with Gasteiger partial charge in [0.25, 0.3) is 6.01 Å². The van der Waals surface area contributed by atoms with Crippen LogP contribution in [0.2, 0.25) is 0 Å². The van der Waals surface area contributed by atoms with Gasteiger partial charge in [-0.05, 0) is 62.4 Å². The van der Waals surface area contributed by atoms with E-state index in [0.29, 0.717) is 24.9 Å². The first-order chi connectivity index (χ1) is 14.5. The molecule has 1 saturated heterocycles. The van der Waals surface area contributed by atoms with Crippen molar-refractivity contribution in [2.75, 3.05) is 31.1 Å². The summed E-state index contributed by atoms with van der Waals surface area (Å²) in [5.74, 6) is 0.655. The van der Waals surface area contributed by atoms with Crippen molar-refractivity contribution in [3.63, 3.8) is 0 Å². The van der Waals surface area contributed by atoms with Crippen LogP contribution in [0.1, 0.15) is 25.3 Å². The Morgan fingerprint density at radius 1 is 1.20 bits per heavy atom. The lowest BCUT2D eigenvalue weighted by molar-refractivity contribution is 0.330. The van der Waals surface area contributed by atoms with Crippen molar-refractivity contribution in [1.82, 2.24) is 9.71 Å². The van der Waals surface area contributed by atoms with Crippen LogP contribution in [0.3, 0.4) is 0 Å². The molecule has 0 bridgehead atoms. The first-order valence-electron chi connectivity index (χ1n) is 10.3. The normalized spacial score (nSPS) is 15.6. The van der Waals surface area contributed by atoms with Gasteiger partial charge in [-0.2, -0.15) is 4.98 Å². The third-order valence-electron chi connectivity index (χ3n) is 5.42. The Morgan fingerprint density at radius 2 is 1.97 bits per heavy atom. The van der Waals surface area contributed by atoms with E-state index in [-0.39, 0.29) is 10.8 Å². The minimum Gasteiger partial charge on any atom is -0.492 e. The molecule has 8 heteroatoms. The lowest BCUT2D eigenvalue weighted by Crippen LogP contribution is -2.38. The van der Waals surface area contributed by atoms with Crippen molar-refractivity contribution in [2.24, 2.45) is 5.92 Å². The summed E-state index contributed by atoms with van der Waals surface area (Å²) in [7, 11) is -3.64. The zero-order valence-electron chi connectivity index (χ0n) is 17.3. The maximum absolute atomic E-state index is 12.9. The molecule has 0 amide bonds. The summed E-state index contributed by atoms with van der Waals surface area (Å²) >= 11 is 0. The van der Waals surface area contributed by atoms with Crippen LogP contribution in [-0.2, 0) is 10.0 Å². The van der Waals surface area contributed by atoms with Crippen LogP contribution in [-0.4, -0.2) is 39.6 Å². The number of hydrogen-bond donors (Lipinski definition) is 1. The Morgan fingerprint density at radius 3 is 2.70 bits per heavy atom. The van der Waals surface area contributed by atoms with Gasteiger partial charge in [0.1, 0.15) is 16.2 Å². The van der Waals surface area contributed by atoms with Gasteiger partial charge >= 0.3 is 0 Å². The van der Waals surface area contributed by atoms with E-state index in [9.17, 15) is 8.42 Å². The second-order valence-electron chi connectivity index (χ2n) is 7.63. The van der Waals surface area contributed by atoms with E-state index in [2.05, 4.69) is 14.6 Å². The molecule has 3 aromatic rings. The number of ether oxygens (including phenoxy) is 1. The Hall–Kier alpha value is -2.58. The fourth-order valence-electron chi connectivity index (χ4n) is 3.73. The van der Waals surface area contributed by atoms with Crippen molar-refractivity contribution < 1.29 is 17.6 Å². The first-order valence-corrected chi connectivity index (χ1v) is 11.8. The largest absolute Gasteiger partial charge is 0.492 e. The molecule has 2 heterocycles. The van der Waals surface area contributed by atoms with Gasteiger partial charge in [-0.15, -0.1) is 0 Å². The number of rotatable bonds is 7. The quantitative estimate of drug-likeness (QED) is 0.616. The van der Waals surface area contributed by atoms with E-state index in [1.807, 2.05) is 44.2 Å². The molecule has 7 nitrogen and oxygen atoms in total. The number of aromatic nitrogens is 1. The van der Waals surface area contributed by atoms with Gasteiger partial charge in [-0.3, -0.25) is 0 Å². The van der Waals surface area contributed by atoms with Crippen molar-refractivity contribution in [2.45, 2.75) is 31.6 Å². The predicted molar refractivity (Wildman–Crippen MR) is 116 cm³/mol. The van der Waals surface area contributed by atoms with E-state index < -0.39 is 10.0 Å². The van der Waals surface area contributed by atoms with Crippen LogP contribution in [0, 0.1) is 12.8 Å². The lowest BCUT2D eigenvalue weighted by atomic mass is 9.97. The summed E-state index contributed by atoms with van der Waals surface area (Å²) in [5.41, 5.74) is 2.52. The molecule has 1 fully saturated rings. The minimum absolute atomic E-state index is 0.202.